The summed E-state index contributed by atoms with van der Waals surface area (Å²) in [5.41, 5.74) is -0.0637. The Bertz CT molecular complexity index is 339. The average Bonchev–Trinajstić information content (AvgIpc) is 2.23. The van der Waals surface area contributed by atoms with Crippen molar-refractivity contribution < 1.29 is 9.59 Å². The predicted octanol–water partition coefficient (Wildman–Crippen LogP) is 2.50. The van der Waals surface area contributed by atoms with Crippen LogP contribution in [0.25, 0.3) is 0 Å². The molecule has 2 aliphatic rings. The highest BCUT2D eigenvalue weighted by atomic mass is 16.2. The lowest BCUT2D eigenvalue weighted by Gasteiger charge is -2.51. The molecule has 1 aliphatic carbocycles. The normalized spacial score (nSPS) is 42.6. The van der Waals surface area contributed by atoms with Crippen molar-refractivity contribution in [3.63, 3.8) is 0 Å². The molecule has 0 bridgehead atoms. The Kier molecular flexibility index (Phi) is 3.28. The van der Waals surface area contributed by atoms with Crippen LogP contribution in [0.5, 0.6) is 0 Å². The molecule has 0 radical (unpaired) electrons. The first-order valence-electron chi connectivity index (χ1n) is 6.83. The zero-order valence-corrected chi connectivity index (χ0v) is 11.1. The van der Waals surface area contributed by atoms with Gasteiger partial charge in [0.1, 0.15) is 0 Å². The first-order valence-corrected chi connectivity index (χ1v) is 6.83. The van der Waals surface area contributed by atoms with E-state index in [1.165, 1.54) is 6.42 Å². The van der Waals surface area contributed by atoms with Gasteiger partial charge in [-0.2, -0.15) is 0 Å². The molecule has 17 heavy (non-hydrogen) atoms. The lowest BCUT2D eigenvalue weighted by Crippen LogP contribution is -2.56. The van der Waals surface area contributed by atoms with Gasteiger partial charge in [-0.3, -0.25) is 14.9 Å². The molecule has 3 nitrogen and oxygen atoms in total. The van der Waals surface area contributed by atoms with Gasteiger partial charge in [0.25, 0.3) is 0 Å². The van der Waals surface area contributed by atoms with Gasteiger partial charge in [-0.1, -0.05) is 27.2 Å². The van der Waals surface area contributed by atoms with Crippen LogP contribution in [0.3, 0.4) is 0 Å². The second kappa shape index (κ2) is 4.43. The van der Waals surface area contributed by atoms with Crippen LogP contribution in [0.4, 0.5) is 0 Å². The fourth-order valence-electron chi connectivity index (χ4n) is 4.05. The SMILES string of the molecule is CCC1C(=O)NC(=O)CC12CC(C)CCC2C. The molecule has 1 spiro atoms. The third-order valence-corrected chi connectivity index (χ3v) is 4.97. The number of piperidine rings is 1. The van der Waals surface area contributed by atoms with Gasteiger partial charge in [-0.15, -0.1) is 0 Å². The summed E-state index contributed by atoms with van der Waals surface area (Å²) in [5.74, 6) is 1.04. The molecule has 1 saturated heterocycles. The lowest BCUT2D eigenvalue weighted by atomic mass is 9.54. The Labute approximate surface area is 103 Å². The van der Waals surface area contributed by atoms with E-state index in [2.05, 4.69) is 26.1 Å². The van der Waals surface area contributed by atoms with Gasteiger partial charge < -0.3 is 0 Å². The van der Waals surface area contributed by atoms with Crippen LogP contribution < -0.4 is 5.32 Å². The zero-order chi connectivity index (χ0) is 12.6. The second-order valence-electron chi connectivity index (χ2n) is 6.07. The van der Waals surface area contributed by atoms with Crippen molar-refractivity contribution in [2.75, 3.05) is 0 Å². The van der Waals surface area contributed by atoms with Gasteiger partial charge >= 0.3 is 0 Å². The maximum absolute atomic E-state index is 12.0. The van der Waals surface area contributed by atoms with Crippen molar-refractivity contribution in [3.05, 3.63) is 0 Å². The zero-order valence-electron chi connectivity index (χ0n) is 11.1. The van der Waals surface area contributed by atoms with E-state index in [4.69, 9.17) is 0 Å². The number of imide groups is 1. The summed E-state index contributed by atoms with van der Waals surface area (Å²) < 4.78 is 0. The molecular formula is C14H23NO2. The van der Waals surface area contributed by atoms with E-state index in [1.54, 1.807) is 0 Å². The third-order valence-electron chi connectivity index (χ3n) is 4.97. The maximum Gasteiger partial charge on any atom is 0.230 e. The average molecular weight is 237 g/mol. The summed E-state index contributed by atoms with van der Waals surface area (Å²) in [7, 11) is 0. The molecule has 0 aromatic carbocycles. The van der Waals surface area contributed by atoms with Gasteiger partial charge in [-0.25, -0.2) is 0 Å². The molecular weight excluding hydrogens is 214 g/mol. The monoisotopic (exact) mass is 237 g/mol. The quantitative estimate of drug-likeness (QED) is 0.712. The molecule has 0 aromatic rings. The summed E-state index contributed by atoms with van der Waals surface area (Å²) in [6.07, 6.45) is 4.80. The molecule has 4 unspecified atom stereocenters. The highest BCUT2D eigenvalue weighted by Gasteiger charge is 2.52. The van der Waals surface area contributed by atoms with Gasteiger partial charge in [0.05, 0.1) is 0 Å². The summed E-state index contributed by atoms with van der Waals surface area (Å²) in [4.78, 5) is 23.8. The van der Waals surface area contributed by atoms with E-state index >= 15 is 0 Å². The number of hydrogen-bond donors (Lipinski definition) is 1. The predicted molar refractivity (Wildman–Crippen MR) is 66.2 cm³/mol. The van der Waals surface area contributed by atoms with Crippen molar-refractivity contribution >= 4 is 11.8 Å². The number of carbonyl (C=O) groups is 2. The largest absolute Gasteiger partial charge is 0.296 e. The van der Waals surface area contributed by atoms with Crippen LogP contribution in [0.2, 0.25) is 0 Å². The summed E-state index contributed by atoms with van der Waals surface area (Å²) in [5, 5.41) is 2.51. The Morgan fingerprint density at radius 1 is 1.29 bits per heavy atom. The topological polar surface area (TPSA) is 46.2 Å². The van der Waals surface area contributed by atoms with Gasteiger partial charge in [0.2, 0.25) is 11.8 Å². The van der Waals surface area contributed by atoms with Crippen LogP contribution in [-0.4, -0.2) is 11.8 Å². The Morgan fingerprint density at radius 2 is 2.00 bits per heavy atom. The number of nitrogens with one attached hydrogen (secondary N) is 1. The molecule has 4 atom stereocenters. The standard InChI is InChI=1S/C14H23NO2/c1-4-11-13(17)15-12(16)8-14(11)7-9(2)5-6-10(14)3/h9-11H,4-8H2,1-3H3,(H,15,16,17). The molecule has 0 aromatic heterocycles. The smallest absolute Gasteiger partial charge is 0.230 e. The molecule has 96 valence electrons. The van der Waals surface area contributed by atoms with Crippen LogP contribution in [0.1, 0.15) is 52.9 Å². The van der Waals surface area contributed by atoms with E-state index < -0.39 is 0 Å². The number of carbonyl (C=O) groups excluding carboxylic acids is 2. The summed E-state index contributed by atoms with van der Waals surface area (Å²) in [6, 6.07) is 0. The molecule has 3 heteroatoms. The molecule has 2 fully saturated rings. The van der Waals surface area contributed by atoms with Gasteiger partial charge in [-0.05, 0) is 36.5 Å². The number of amides is 2. The van der Waals surface area contributed by atoms with E-state index in [9.17, 15) is 9.59 Å². The van der Waals surface area contributed by atoms with E-state index in [-0.39, 0.29) is 23.1 Å². The minimum Gasteiger partial charge on any atom is -0.296 e. The molecule has 1 heterocycles. The Hall–Kier alpha value is -0.860. The fraction of sp³-hybridized carbons (Fsp3) is 0.857. The highest BCUT2D eigenvalue weighted by Crippen LogP contribution is 2.53. The first kappa shape index (κ1) is 12.6. The Balaban J connectivity index is 2.35. The molecule has 1 saturated carbocycles. The summed E-state index contributed by atoms with van der Waals surface area (Å²) >= 11 is 0. The van der Waals surface area contributed by atoms with Gasteiger partial charge in [0, 0.05) is 12.3 Å². The van der Waals surface area contributed by atoms with Crippen LogP contribution in [-0.2, 0) is 9.59 Å². The van der Waals surface area contributed by atoms with E-state index in [1.807, 2.05) is 0 Å². The van der Waals surface area contributed by atoms with E-state index in [0.717, 1.165) is 19.3 Å². The highest BCUT2D eigenvalue weighted by molar-refractivity contribution is 5.99. The maximum atomic E-state index is 12.0. The molecule has 1 N–H and O–H groups in total. The van der Waals surface area contributed by atoms with Crippen LogP contribution in [0.15, 0.2) is 0 Å². The fourth-order valence-corrected chi connectivity index (χ4v) is 4.05. The van der Waals surface area contributed by atoms with Crippen LogP contribution >= 0.6 is 0 Å². The minimum atomic E-state index is -0.0688. The molecule has 2 rings (SSSR count). The van der Waals surface area contributed by atoms with Crippen molar-refractivity contribution in [3.8, 4) is 0 Å². The van der Waals surface area contributed by atoms with E-state index in [0.29, 0.717) is 18.3 Å². The third kappa shape index (κ3) is 2.00. The minimum absolute atomic E-state index is 0.0259. The molecule has 1 aliphatic heterocycles. The van der Waals surface area contributed by atoms with Crippen molar-refractivity contribution in [2.24, 2.45) is 23.2 Å². The first-order chi connectivity index (χ1) is 7.99. The van der Waals surface area contributed by atoms with Crippen molar-refractivity contribution in [1.29, 1.82) is 0 Å². The number of rotatable bonds is 1. The van der Waals surface area contributed by atoms with Crippen molar-refractivity contribution in [2.45, 2.75) is 52.9 Å². The summed E-state index contributed by atoms with van der Waals surface area (Å²) in [6.45, 7) is 6.53. The second-order valence-corrected chi connectivity index (χ2v) is 6.07. The Morgan fingerprint density at radius 3 is 2.65 bits per heavy atom. The molecule has 2 amide bonds. The van der Waals surface area contributed by atoms with Crippen LogP contribution in [0, 0.1) is 23.2 Å². The lowest BCUT2D eigenvalue weighted by molar-refractivity contribution is -0.150. The number of hydrogen-bond acceptors (Lipinski definition) is 2. The van der Waals surface area contributed by atoms with Gasteiger partial charge in [0.15, 0.2) is 0 Å². The van der Waals surface area contributed by atoms with Crippen molar-refractivity contribution in [1.82, 2.24) is 5.32 Å².